The summed E-state index contributed by atoms with van der Waals surface area (Å²) >= 11 is 0. The first-order valence-corrected chi connectivity index (χ1v) is 10.4. The number of amides is 1. The Bertz CT molecular complexity index is 990. The van der Waals surface area contributed by atoms with E-state index in [-0.39, 0.29) is 5.91 Å². The summed E-state index contributed by atoms with van der Waals surface area (Å²) in [6.45, 7) is 9.84. The number of hydrogen-bond acceptors (Lipinski definition) is 7. The van der Waals surface area contributed by atoms with E-state index >= 15 is 0 Å². The number of aromatic nitrogens is 2. The number of anilines is 1. The third-order valence-corrected chi connectivity index (χ3v) is 5.36. The van der Waals surface area contributed by atoms with Gasteiger partial charge in [0.15, 0.2) is 0 Å². The average molecular weight is 412 g/mol. The van der Waals surface area contributed by atoms with Crippen LogP contribution in [0.4, 0.5) is 5.82 Å². The van der Waals surface area contributed by atoms with Gasteiger partial charge in [-0.05, 0) is 31.4 Å². The highest BCUT2D eigenvalue weighted by Gasteiger charge is 2.29. The van der Waals surface area contributed by atoms with E-state index in [1.54, 1.807) is 6.26 Å². The second kappa shape index (κ2) is 8.87. The summed E-state index contributed by atoms with van der Waals surface area (Å²) in [5.74, 6) is 2.42. The molecule has 0 saturated carbocycles. The molecule has 0 bridgehead atoms. The zero-order valence-corrected chi connectivity index (χ0v) is 17.8. The van der Waals surface area contributed by atoms with Crippen LogP contribution in [-0.2, 0) is 11.3 Å². The van der Waals surface area contributed by atoms with E-state index in [0.29, 0.717) is 67.7 Å². The van der Waals surface area contributed by atoms with Crippen molar-refractivity contribution in [2.45, 2.75) is 33.7 Å². The maximum Gasteiger partial charge on any atom is 0.258 e. The molecule has 3 aromatic heterocycles. The first kappa shape index (κ1) is 20.4. The zero-order valence-electron chi connectivity index (χ0n) is 17.8. The lowest BCUT2D eigenvalue weighted by molar-refractivity contribution is 0.0723. The predicted octanol–water partition coefficient (Wildman–Crippen LogP) is 3.65. The molecule has 1 aliphatic heterocycles. The molecule has 30 heavy (non-hydrogen) atoms. The van der Waals surface area contributed by atoms with Crippen molar-refractivity contribution in [2.24, 2.45) is 5.92 Å². The fraction of sp³-hybridized carbons (Fsp3) is 0.500. The Morgan fingerprint density at radius 3 is 2.77 bits per heavy atom. The fourth-order valence-electron chi connectivity index (χ4n) is 3.72. The van der Waals surface area contributed by atoms with Crippen LogP contribution in [0.3, 0.4) is 0 Å². The van der Waals surface area contributed by atoms with E-state index in [9.17, 15) is 4.79 Å². The summed E-state index contributed by atoms with van der Waals surface area (Å²) in [6, 6.07) is 3.72. The molecule has 1 fully saturated rings. The Hall–Kier alpha value is -2.87. The molecule has 1 saturated heterocycles. The molecular weight excluding hydrogens is 384 g/mol. The van der Waals surface area contributed by atoms with E-state index < -0.39 is 0 Å². The number of hydrogen-bond donors (Lipinski definition) is 0. The molecule has 0 aliphatic carbocycles. The Morgan fingerprint density at radius 1 is 1.27 bits per heavy atom. The molecule has 8 nitrogen and oxygen atoms in total. The third kappa shape index (κ3) is 4.18. The Morgan fingerprint density at radius 2 is 2.07 bits per heavy atom. The lowest BCUT2D eigenvalue weighted by atomic mass is 10.1. The molecule has 0 spiro atoms. The number of nitrogens with zero attached hydrogens (tertiary/aromatic N) is 4. The minimum atomic E-state index is -0.0902. The van der Waals surface area contributed by atoms with Crippen molar-refractivity contribution in [1.29, 1.82) is 0 Å². The molecule has 3 aromatic rings. The number of morpholine rings is 1. The van der Waals surface area contributed by atoms with Gasteiger partial charge in [-0.2, -0.15) is 0 Å². The van der Waals surface area contributed by atoms with Crippen LogP contribution >= 0.6 is 0 Å². The molecule has 160 valence electrons. The molecule has 0 unspecified atom stereocenters. The van der Waals surface area contributed by atoms with Gasteiger partial charge in [0, 0.05) is 19.6 Å². The Kier molecular flexibility index (Phi) is 6.03. The minimum absolute atomic E-state index is 0.0902. The average Bonchev–Trinajstić information content (AvgIpc) is 3.37. The largest absolute Gasteiger partial charge is 0.467 e. The summed E-state index contributed by atoms with van der Waals surface area (Å²) in [6.07, 6.45) is 4.01. The van der Waals surface area contributed by atoms with E-state index in [4.69, 9.17) is 13.6 Å². The van der Waals surface area contributed by atoms with Gasteiger partial charge in [0.1, 0.15) is 23.7 Å². The standard InChI is InChI=1S/C22H28N4O4/c1-15(2)6-7-26(13-17-5-4-10-29-17)22(27)18-16(3)30-21-19(18)20(23-14-24-21)25-8-11-28-12-9-25/h4-5,10,14-15H,6-9,11-13H2,1-3H3. The van der Waals surface area contributed by atoms with Gasteiger partial charge >= 0.3 is 0 Å². The van der Waals surface area contributed by atoms with E-state index in [2.05, 4.69) is 28.7 Å². The molecular formula is C22H28N4O4. The first-order chi connectivity index (χ1) is 14.5. The van der Waals surface area contributed by atoms with Gasteiger partial charge < -0.3 is 23.4 Å². The SMILES string of the molecule is Cc1oc2ncnc(N3CCOCC3)c2c1C(=O)N(CCC(C)C)Cc1ccco1. The van der Waals surface area contributed by atoms with Crippen LogP contribution < -0.4 is 4.90 Å². The Labute approximate surface area is 175 Å². The van der Waals surface area contributed by atoms with E-state index in [1.807, 2.05) is 24.0 Å². The van der Waals surface area contributed by atoms with Gasteiger partial charge in [0.05, 0.1) is 37.0 Å². The van der Waals surface area contributed by atoms with Crippen LogP contribution in [0.2, 0.25) is 0 Å². The summed E-state index contributed by atoms with van der Waals surface area (Å²) in [5, 5.41) is 0.677. The van der Waals surface area contributed by atoms with Gasteiger partial charge in [0.2, 0.25) is 5.71 Å². The second-order valence-electron chi connectivity index (χ2n) is 8.00. The van der Waals surface area contributed by atoms with Crippen LogP contribution in [0.1, 0.15) is 42.1 Å². The van der Waals surface area contributed by atoms with E-state index in [0.717, 1.165) is 18.0 Å². The summed E-state index contributed by atoms with van der Waals surface area (Å²) in [7, 11) is 0. The van der Waals surface area contributed by atoms with Gasteiger partial charge in [-0.3, -0.25) is 4.79 Å². The fourth-order valence-corrected chi connectivity index (χ4v) is 3.72. The second-order valence-corrected chi connectivity index (χ2v) is 8.00. The number of rotatable bonds is 7. The molecule has 0 N–H and O–H groups in total. The normalized spacial score (nSPS) is 14.6. The molecule has 1 amide bonds. The zero-order chi connectivity index (χ0) is 21.1. The number of aryl methyl sites for hydroxylation is 1. The molecule has 8 heteroatoms. The molecule has 4 rings (SSSR count). The van der Waals surface area contributed by atoms with Crippen molar-refractivity contribution in [3.8, 4) is 0 Å². The first-order valence-electron chi connectivity index (χ1n) is 10.4. The Balaban J connectivity index is 1.73. The highest BCUT2D eigenvalue weighted by Crippen LogP contribution is 2.33. The lowest BCUT2D eigenvalue weighted by Crippen LogP contribution is -2.37. The number of carbonyl (C=O) groups excluding carboxylic acids is 1. The van der Waals surface area contributed by atoms with Crippen molar-refractivity contribution >= 4 is 22.8 Å². The van der Waals surface area contributed by atoms with Crippen molar-refractivity contribution in [1.82, 2.24) is 14.9 Å². The van der Waals surface area contributed by atoms with Gasteiger partial charge in [-0.25, -0.2) is 9.97 Å². The van der Waals surface area contributed by atoms with Gasteiger partial charge in [0.25, 0.3) is 5.91 Å². The molecule has 1 aliphatic rings. The summed E-state index contributed by atoms with van der Waals surface area (Å²) in [4.78, 5) is 26.5. The lowest BCUT2D eigenvalue weighted by Gasteiger charge is -2.28. The monoisotopic (exact) mass is 412 g/mol. The van der Waals surface area contributed by atoms with Crippen LogP contribution in [0.5, 0.6) is 0 Å². The van der Waals surface area contributed by atoms with Crippen LogP contribution in [-0.4, -0.2) is 53.6 Å². The van der Waals surface area contributed by atoms with Crippen molar-refractivity contribution in [3.63, 3.8) is 0 Å². The van der Waals surface area contributed by atoms with Gasteiger partial charge in [-0.1, -0.05) is 13.8 Å². The summed E-state index contributed by atoms with van der Waals surface area (Å²) in [5.41, 5.74) is 0.969. The highest BCUT2D eigenvalue weighted by molar-refractivity contribution is 6.10. The number of ether oxygens (including phenoxy) is 1. The number of furan rings is 2. The maximum atomic E-state index is 13.7. The van der Waals surface area contributed by atoms with Crippen LogP contribution in [0, 0.1) is 12.8 Å². The number of carbonyl (C=O) groups is 1. The summed E-state index contributed by atoms with van der Waals surface area (Å²) < 4.78 is 16.9. The van der Waals surface area contributed by atoms with Crippen molar-refractivity contribution < 1.29 is 18.4 Å². The van der Waals surface area contributed by atoms with Crippen molar-refractivity contribution in [2.75, 3.05) is 37.7 Å². The maximum absolute atomic E-state index is 13.7. The molecule has 4 heterocycles. The number of fused-ring (bicyclic) bond motifs is 1. The quantitative estimate of drug-likeness (QED) is 0.585. The minimum Gasteiger partial charge on any atom is -0.467 e. The van der Waals surface area contributed by atoms with Gasteiger partial charge in [-0.15, -0.1) is 0 Å². The molecule has 0 atom stereocenters. The van der Waals surface area contributed by atoms with Crippen molar-refractivity contribution in [3.05, 3.63) is 41.8 Å². The predicted molar refractivity (Wildman–Crippen MR) is 112 cm³/mol. The molecule has 0 radical (unpaired) electrons. The van der Waals surface area contributed by atoms with E-state index in [1.165, 1.54) is 6.33 Å². The smallest absolute Gasteiger partial charge is 0.258 e. The molecule has 0 aromatic carbocycles. The van der Waals surface area contributed by atoms with Crippen LogP contribution in [0.25, 0.3) is 11.1 Å². The topological polar surface area (TPSA) is 84.8 Å². The highest BCUT2D eigenvalue weighted by atomic mass is 16.5. The van der Waals surface area contributed by atoms with Crippen LogP contribution in [0.15, 0.2) is 33.6 Å². The third-order valence-electron chi connectivity index (χ3n) is 5.36.